The van der Waals surface area contributed by atoms with Crippen LogP contribution >= 0.6 is 0 Å². The third kappa shape index (κ3) is 4.23. The Morgan fingerprint density at radius 3 is 1.98 bits per heavy atom. The van der Waals surface area contributed by atoms with Crippen LogP contribution in [0.3, 0.4) is 0 Å². The van der Waals surface area contributed by atoms with Crippen molar-refractivity contribution >= 4 is 37.9 Å². The van der Waals surface area contributed by atoms with Crippen LogP contribution in [0.25, 0.3) is 37.9 Å². The molecule has 0 fully saturated rings. The van der Waals surface area contributed by atoms with E-state index < -0.39 is 0 Å². The number of hydrogen-bond acceptors (Lipinski definition) is 0. The van der Waals surface area contributed by atoms with E-state index in [1.165, 1.54) is 68.3 Å². The maximum absolute atomic E-state index is 2.65. The number of benzene rings is 5. The van der Waals surface area contributed by atoms with Crippen molar-refractivity contribution in [3.63, 3.8) is 0 Å². The standard InChI is InChI=1S/C45H54/c1-12-45(13-2)38-25-32(18-20-35(38)39-27(5)22-36(26(3)4)28(6)42(39)45)44(10,11)37-21-17-29-14-15-30-23-33(43(7,8)9)24-31-16-19-34(37)41(29)40(30)31/h14-21,23-28,36H,12-13,22H2,1-11H3. The van der Waals surface area contributed by atoms with Gasteiger partial charge >= 0.3 is 0 Å². The van der Waals surface area contributed by atoms with E-state index in [2.05, 4.69) is 143 Å². The Morgan fingerprint density at radius 2 is 1.36 bits per heavy atom. The maximum atomic E-state index is 2.65. The van der Waals surface area contributed by atoms with Crippen LogP contribution in [0.15, 0.2) is 72.3 Å². The first-order chi connectivity index (χ1) is 21.2. The zero-order valence-corrected chi connectivity index (χ0v) is 29.8. The van der Waals surface area contributed by atoms with Crippen molar-refractivity contribution in [1.82, 2.24) is 0 Å². The summed E-state index contributed by atoms with van der Waals surface area (Å²) in [6, 6.07) is 26.8. The zero-order chi connectivity index (χ0) is 32.2. The molecule has 5 aromatic carbocycles. The predicted octanol–water partition coefficient (Wildman–Crippen LogP) is 13.0. The highest BCUT2D eigenvalue weighted by Crippen LogP contribution is 2.61. The van der Waals surface area contributed by atoms with Gasteiger partial charge in [0.2, 0.25) is 0 Å². The van der Waals surface area contributed by atoms with Crippen molar-refractivity contribution < 1.29 is 0 Å². The van der Waals surface area contributed by atoms with Crippen molar-refractivity contribution in [2.45, 2.75) is 112 Å². The second-order valence-corrected chi connectivity index (χ2v) is 16.8. The second-order valence-electron chi connectivity index (χ2n) is 16.8. The molecule has 2 aliphatic rings. The number of fused-ring (bicyclic) bond motifs is 2. The van der Waals surface area contributed by atoms with Gasteiger partial charge in [-0.15, -0.1) is 0 Å². The lowest BCUT2D eigenvalue weighted by atomic mass is 9.61. The van der Waals surface area contributed by atoms with Crippen molar-refractivity contribution in [2.24, 2.45) is 23.7 Å². The molecule has 0 N–H and O–H groups in total. The molecule has 234 valence electrons. The summed E-state index contributed by atoms with van der Waals surface area (Å²) < 4.78 is 0. The third-order valence-electron chi connectivity index (χ3n) is 12.8. The van der Waals surface area contributed by atoms with Crippen LogP contribution in [0.4, 0.5) is 0 Å². The van der Waals surface area contributed by atoms with Crippen LogP contribution in [0.1, 0.15) is 123 Å². The SMILES string of the molecule is CCC1(CC)C2=C(c3ccc(C(C)(C)c4ccc5ccc6cc(C(C)(C)C)cc7ccc4c5c67)cc31)C(C)CC(C(C)C)C2C. The van der Waals surface area contributed by atoms with E-state index >= 15 is 0 Å². The summed E-state index contributed by atoms with van der Waals surface area (Å²) >= 11 is 0. The van der Waals surface area contributed by atoms with E-state index in [0.717, 1.165) is 11.8 Å². The van der Waals surface area contributed by atoms with E-state index in [4.69, 9.17) is 0 Å². The van der Waals surface area contributed by atoms with Crippen molar-refractivity contribution in [3.05, 3.63) is 100 Å². The molecule has 0 nitrogen and oxygen atoms in total. The van der Waals surface area contributed by atoms with E-state index in [-0.39, 0.29) is 16.2 Å². The molecule has 5 aromatic rings. The fourth-order valence-corrected chi connectivity index (χ4v) is 10.1. The van der Waals surface area contributed by atoms with Gasteiger partial charge in [0, 0.05) is 10.8 Å². The fraction of sp³-hybridized carbons (Fsp3) is 0.467. The normalized spacial score (nSPS) is 21.8. The lowest BCUT2D eigenvalue weighted by Gasteiger charge is -2.43. The molecule has 7 rings (SSSR count). The molecule has 0 aliphatic heterocycles. The van der Waals surface area contributed by atoms with E-state index in [9.17, 15) is 0 Å². The summed E-state index contributed by atoms with van der Waals surface area (Å²) in [5.74, 6) is 2.74. The highest BCUT2D eigenvalue weighted by molar-refractivity contribution is 6.24. The Kier molecular flexibility index (Phi) is 6.91. The first-order valence-corrected chi connectivity index (χ1v) is 17.9. The number of hydrogen-bond donors (Lipinski definition) is 0. The Labute approximate surface area is 272 Å². The van der Waals surface area contributed by atoms with Crippen LogP contribution in [0.5, 0.6) is 0 Å². The summed E-state index contributed by atoms with van der Waals surface area (Å²) in [6.07, 6.45) is 3.67. The molecule has 2 aliphatic carbocycles. The highest BCUT2D eigenvalue weighted by Gasteiger charge is 2.50. The minimum atomic E-state index is -0.137. The third-order valence-corrected chi connectivity index (χ3v) is 12.8. The molecule has 45 heavy (non-hydrogen) atoms. The van der Waals surface area contributed by atoms with Crippen LogP contribution < -0.4 is 0 Å². The average molecular weight is 595 g/mol. The average Bonchev–Trinajstić information content (AvgIpc) is 3.31. The van der Waals surface area contributed by atoms with E-state index in [1.54, 1.807) is 22.3 Å². The van der Waals surface area contributed by atoms with Gasteiger partial charge in [-0.3, -0.25) is 0 Å². The molecule has 0 amide bonds. The van der Waals surface area contributed by atoms with Crippen LogP contribution in [-0.2, 0) is 16.2 Å². The highest BCUT2D eigenvalue weighted by atomic mass is 14.5. The van der Waals surface area contributed by atoms with E-state index in [0.29, 0.717) is 11.8 Å². The molecule has 0 bridgehead atoms. The Bertz CT molecular complexity index is 1950. The largest absolute Gasteiger partial charge is 0.0642 e. The molecule has 0 aromatic heterocycles. The van der Waals surface area contributed by atoms with E-state index in [1.807, 2.05) is 0 Å². The monoisotopic (exact) mass is 594 g/mol. The van der Waals surface area contributed by atoms with Gasteiger partial charge in [0.1, 0.15) is 0 Å². The van der Waals surface area contributed by atoms with Crippen LogP contribution in [-0.4, -0.2) is 0 Å². The second kappa shape index (κ2) is 10.2. The molecule has 0 radical (unpaired) electrons. The predicted molar refractivity (Wildman–Crippen MR) is 198 cm³/mol. The molecule has 3 atom stereocenters. The first kappa shape index (κ1) is 30.5. The van der Waals surface area contributed by atoms with Gasteiger partial charge in [0.15, 0.2) is 0 Å². The molecule has 0 spiro atoms. The summed E-state index contributed by atoms with van der Waals surface area (Å²) in [5.41, 5.74) is 11.1. The molecular formula is C45H54. The molecular weight excluding hydrogens is 540 g/mol. The molecule has 0 saturated heterocycles. The number of rotatable bonds is 5. The summed E-state index contributed by atoms with van der Waals surface area (Å²) in [6.45, 7) is 26.7. The topological polar surface area (TPSA) is 0 Å². The first-order valence-electron chi connectivity index (χ1n) is 17.9. The van der Waals surface area contributed by atoms with Crippen LogP contribution in [0, 0.1) is 23.7 Å². The van der Waals surface area contributed by atoms with Gasteiger partial charge in [0.25, 0.3) is 0 Å². The summed E-state index contributed by atoms with van der Waals surface area (Å²) in [4.78, 5) is 0. The summed E-state index contributed by atoms with van der Waals surface area (Å²) in [7, 11) is 0. The van der Waals surface area contributed by atoms with Gasteiger partial charge in [-0.2, -0.15) is 0 Å². The number of allylic oxidation sites excluding steroid dienone is 2. The lowest BCUT2D eigenvalue weighted by Crippen LogP contribution is -2.35. The fourth-order valence-electron chi connectivity index (χ4n) is 10.1. The smallest absolute Gasteiger partial charge is 0.0171 e. The van der Waals surface area contributed by atoms with Gasteiger partial charge in [-0.25, -0.2) is 0 Å². The maximum Gasteiger partial charge on any atom is 0.0171 e. The van der Waals surface area contributed by atoms with Crippen molar-refractivity contribution in [1.29, 1.82) is 0 Å². The molecule has 0 heteroatoms. The van der Waals surface area contributed by atoms with Gasteiger partial charge in [-0.1, -0.05) is 148 Å². The minimum absolute atomic E-state index is 0.122. The molecule has 3 unspecified atom stereocenters. The molecule has 0 saturated carbocycles. The quantitative estimate of drug-likeness (QED) is 0.178. The minimum Gasteiger partial charge on any atom is -0.0642 e. The Hall–Kier alpha value is -3.12. The summed E-state index contributed by atoms with van der Waals surface area (Å²) in [5, 5.41) is 8.30. The van der Waals surface area contributed by atoms with Gasteiger partial charge < -0.3 is 0 Å². The Balaban J connectivity index is 1.40. The van der Waals surface area contributed by atoms with Gasteiger partial charge in [-0.05, 0) is 114 Å². The lowest BCUT2D eigenvalue weighted by molar-refractivity contribution is 0.227. The zero-order valence-electron chi connectivity index (χ0n) is 29.8. The molecule has 0 heterocycles. The van der Waals surface area contributed by atoms with Crippen LogP contribution in [0.2, 0.25) is 0 Å². The van der Waals surface area contributed by atoms with Crippen molar-refractivity contribution in [3.8, 4) is 0 Å². The van der Waals surface area contributed by atoms with Crippen molar-refractivity contribution in [2.75, 3.05) is 0 Å². The van der Waals surface area contributed by atoms with Gasteiger partial charge in [0.05, 0.1) is 0 Å². The Morgan fingerprint density at radius 1 is 0.733 bits per heavy atom.